The van der Waals surface area contributed by atoms with Crippen LogP contribution in [0.2, 0.25) is 0 Å². The molecule has 6 heteroatoms. The number of hydrogen-bond acceptors (Lipinski definition) is 2. The van der Waals surface area contributed by atoms with Gasteiger partial charge < -0.3 is 5.11 Å². The number of aromatic nitrogens is 1. The first-order chi connectivity index (χ1) is 6.61. The molecule has 0 saturated heterocycles. The molecule has 1 aromatic heterocycles. The van der Waals surface area contributed by atoms with Crippen LogP contribution in [0.3, 0.4) is 0 Å². The van der Waals surface area contributed by atoms with E-state index in [1.54, 1.807) is 0 Å². The van der Waals surface area contributed by atoms with Crippen molar-refractivity contribution in [1.29, 1.82) is 0 Å². The summed E-state index contributed by atoms with van der Waals surface area (Å²) in [5.41, 5.74) is -0.931. The van der Waals surface area contributed by atoms with Crippen LogP contribution in [-0.2, 0) is 12.5 Å². The van der Waals surface area contributed by atoms with Crippen molar-refractivity contribution in [2.24, 2.45) is 0 Å². The van der Waals surface area contributed by atoms with Crippen LogP contribution in [0.1, 0.15) is 23.2 Å². The van der Waals surface area contributed by atoms with Crippen LogP contribution in [0.4, 0.5) is 13.2 Å². The van der Waals surface area contributed by atoms with Crippen LogP contribution in [0, 0.1) is 5.82 Å². The Balaban J connectivity index is 3.33. The first-order valence-corrected chi connectivity index (χ1v) is 4.26. The molecule has 14 heavy (non-hydrogen) atoms. The first-order valence-electron chi connectivity index (χ1n) is 3.73. The monoisotopic (exact) mass is 225 g/mol. The van der Waals surface area contributed by atoms with Crippen molar-refractivity contribution in [2.45, 2.75) is 18.9 Å². The maximum atomic E-state index is 13.0. The molecule has 1 heterocycles. The summed E-state index contributed by atoms with van der Waals surface area (Å²) in [7, 11) is 0. The van der Waals surface area contributed by atoms with Gasteiger partial charge in [-0.1, -0.05) is 0 Å². The minimum absolute atomic E-state index is 0.135. The lowest BCUT2D eigenvalue weighted by molar-refractivity contribution is 0.144. The second-order valence-electron chi connectivity index (χ2n) is 2.54. The molecule has 0 atom stereocenters. The van der Waals surface area contributed by atoms with Crippen LogP contribution in [0.25, 0.3) is 0 Å². The molecule has 2 nitrogen and oxygen atoms in total. The minimum Gasteiger partial charge on any atom is -0.392 e. The number of aliphatic hydroxyl groups is 1. The zero-order chi connectivity index (χ0) is 10.7. The minimum atomic E-state index is -2.82. The summed E-state index contributed by atoms with van der Waals surface area (Å²) in [5.74, 6) is -1.13. The van der Waals surface area contributed by atoms with Crippen molar-refractivity contribution in [2.75, 3.05) is 0 Å². The lowest BCUT2D eigenvalue weighted by Gasteiger charge is -2.10. The molecule has 1 N–H and O–H groups in total. The Labute approximate surface area is 83.3 Å². The van der Waals surface area contributed by atoms with E-state index >= 15 is 0 Å². The van der Waals surface area contributed by atoms with Gasteiger partial charge in [-0.05, 0) is 0 Å². The number of hydrogen-bond donors (Lipinski definition) is 1. The number of aliphatic hydroxyl groups excluding tert-OH is 1. The van der Waals surface area contributed by atoms with E-state index in [1.807, 2.05) is 0 Å². The normalized spacial score (nSPS) is 11.0. The third kappa shape index (κ3) is 1.99. The maximum absolute atomic E-state index is 13.0. The van der Waals surface area contributed by atoms with Gasteiger partial charge in [0, 0.05) is 17.0 Å². The van der Waals surface area contributed by atoms with Crippen LogP contribution in [0.5, 0.6) is 0 Å². The Kier molecular flexibility index (Phi) is 3.71. The predicted molar refractivity (Wildman–Crippen MR) is 44.6 cm³/mol. The zero-order valence-electron chi connectivity index (χ0n) is 6.98. The summed E-state index contributed by atoms with van der Waals surface area (Å²) in [4.78, 5) is 3.24. The van der Waals surface area contributed by atoms with Crippen molar-refractivity contribution in [3.8, 4) is 0 Å². The summed E-state index contributed by atoms with van der Waals surface area (Å²) in [6.45, 7) is -0.671. The van der Waals surface area contributed by atoms with Crippen molar-refractivity contribution < 1.29 is 18.3 Å². The Morgan fingerprint density at radius 2 is 2.07 bits per heavy atom. The highest BCUT2D eigenvalue weighted by Crippen LogP contribution is 2.26. The van der Waals surface area contributed by atoms with Gasteiger partial charge in [-0.15, -0.1) is 11.6 Å². The molecular formula is C8H7ClF3NO. The smallest absolute Gasteiger partial charge is 0.280 e. The van der Waals surface area contributed by atoms with E-state index in [0.29, 0.717) is 6.20 Å². The molecule has 0 fully saturated rings. The molecule has 0 aliphatic carbocycles. The van der Waals surface area contributed by atoms with E-state index in [-0.39, 0.29) is 17.0 Å². The molecule has 0 radical (unpaired) electrons. The Bertz CT molecular complexity index is 333. The largest absolute Gasteiger partial charge is 0.392 e. The SMILES string of the molecule is OCc1c(F)cnc(C(F)F)c1CCl. The lowest BCUT2D eigenvalue weighted by Crippen LogP contribution is -2.05. The zero-order valence-corrected chi connectivity index (χ0v) is 7.73. The third-order valence-corrected chi connectivity index (χ3v) is 2.04. The molecule has 0 saturated carbocycles. The molecule has 1 aromatic rings. The molecule has 0 spiro atoms. The van der Waals surface area contributed by atoms with Crippen LogP contribution in [0.15, 0.2) is 6.20 Å². The standard InChI is InChI=1S/C8H7ClF3NO/c9-1-4-5(3-14)6(10)2-13-7(4)8(11)12/h2,8,14H,1,3H2. The quantitative estimate of drug-likeness (QED) is 0.802. The van der Waals surface area contributed by atoms with E-state index in [9.17, 15) is 13.2 Å². The van der Waals surface area contributed by atoms with Gasteiger partial charge in [-0.25, -0.2) is 13.2 Å². The van der Waals surface area contributed by atoms with Gasteiger partial charge in [-0.2, -0.15) is 0 Å². The van der Waals surface area contributed by atoms with Gasteiger partial charge >= 0.3 is 0 Å². The summed E-state index contributed by atoms with van der Waals surface area (Å²) in [6.07, 6.45) is -2.17. The van der Waals surface area contributed by atoms with Gasteiger partial charge in [0.05, 0.1) is 12.8 Å². The van der Waals surface area contributed by atoms with Gasteiger partial charge in [0.25, 0.3) is 6.43 Å². The summed E-state index contributed by atoms with van der Waals surface area (Å²) >= 11 is 5.38. The summed E-state index contributed by atoms with van der Waals surface area (Å²) < 4.78 is 37.6. The predicted octanol–water partition coefficient (Wildman–Crippen LogP) is 2.39. The van der Waals surface area contributed by atoms with Crippen molar-refractivity contribution >= 4 is 11.6 Å². The fraction of sp³-hybridized carbons (Fsp3) is 0.375. The fourth-order valence-corrected chi connectivity index (χ4v) is 1.39. The average Bonchev–Trinajstić information content (AvgIpc) is 2.16. The molecule has 0 bridgehead atoms. The van der Waals surface area contributed by atoms with E-state index in [4.69, 9.17) is 16.7 Å². The summed E-state index contributed by atoms with van der Waals surface area (Å²) in [6, 6.07) is 0. The van der Waals surface area contributed by atoms with Gasteiger partial charge in [0.15, 0.2) is 0 Å². The van der Waals surface area contributed by atoms with Gasteiger partial charge in [0.1, 0.15) is 11.5 Å². The Morgan fingerprint density at radius 1 is 1.43 bits per heavy atom. The number of rotatable bonds is 3. The van der Waals surface area contributed by atoms with Gasteiger partial charge in [-0.3, -0.25) is 4.98 Å². The maximum Gasteiger partial charge on any atom is 0.280 e. The second-order valence-corrected chi connectivity index (χ2v) is 2.81. The average molecular weight is 226 g/mol. The van der Waals surface area contributed by atoms with Crippen molar-refractivity contribution in [1.82, 2.24) is 4.98 Å². The van der Waals surface area contributed by atoms with Gasteiger partial charge in [0.2, 0.25) is 0 Å². The number of nitrogens with zero attached hydrogens (tertiary/aromatic N) is 1. The first kappa shape index (κ1) is 11.3. The van der Waals surface area contributed by atoms with E-state index in [1.165, 1.54) is 0 Å². The molecule has 0 aliphatic rings. The van der Waals surface area contributed by atoms with Crippen LogP contribution in [-0.4, -0.2) is 10.1 Å². The Morgan fingerprint density at radius 3 is 2.50 bits per heavy atom. The van der Waals surface area contributed by atoms with Crippen molar-refractivity contribution in [3.63, 3.8) is 0 Å². The number of pyridine rings is 1. The third-order valence-electron chi connectivity index (χ3n) is 1.78. The van der Waals surface area contributed by atoms with Crippen LogP contribution >= 0.6 is 11.6 Å². The highest BCUT2D eigenvalue weighted by molar-refractivity contribution is 6.17. The molecule has 0 aliphatic heterocycles. The topological polar surface area (TPSA) is 33.1 Å². The molecule has 0 unspecified atom stereocenters. The Hall–Kier alpha value is -0.810. The molecule has 0 amide bonds. The van der Waals surface area contributed by atoms with E-state index in [0.717, 1.165) is 0 Å². The molecule has 1 rings (SSSR count). The highest BCUT2D eigenvalue weighted by atomic mass is 35.5. The molecule has 0 aromatic carbocycles. The molecule has 78 valence electrons. The van der Waals surface area contributed by atoms with E-state index < -0.39 is 24.5 Å². The highest BCUT2D eigenvalue weighted by Gasteiger charge is 2.19. The lowest BCUT2D eigenvalue weighted by atomic mass is 10.1. The van der Waals surface area contributed by atoms with Crippen LogP contribution < -0.4 is 0 Å². The molecular weight excluding hydrogens is 219 g/mol. The second kappa shape index (κ2) is 4.61. The van der Waals surface area contributed by atoms with Crippen molar-refractivity contribution in [3.05, 3.63) is 28.8 Å². The fourth-order valence-electron chi connectivity index (χ4n) is 1.09. The number of alkyl halides is 3. The summed E-state index contributed by atoms with van der Waals surface area (Å²) in [5, 5.41) is 8.77. The number of halogens is 4. The van der Waals surface area contributed by atoms with E-state index in [2.05, 4.69) is 4.98 Å².